The first-order chi connectivity index (χ1) is 16.3. The summed E-state index contributed by atoms with van der Waals surface area (Å²) >= 11 is 0. The number of hydrogen-bond acceptors (Lipinski definition) is 5. The van der Waals surface area contributed by atoms with Crippen molar-refractivity contribution >= 4 is 11.6 Å². The third kappa shape index (κ3) is 4.59. The van der Waals surface area contributed by atoms with Crippen LogP contribution in [-0.2, 0) is 11.2 Å². The summed E-state index contributed by atoms with van der Waals surface area (Å²) in [5.41, 5.74) is 4.66. The lowest BCUT2D eigenvalue weighted by molar-refractivity contribution is 0.0699. The molecule has 3 heterocycles. The number of methoxy groups -OCH3 is 1. The van der Waals surface area contributed by atoms with E-state index in [1.807, 2.05) is 12.1 Å². The number of benzene rings is 2. The summed E-state index contributed by atoms with van der Waals surface area (Å²) < 4.78 is 11.3. The first-order valence-electron chi connectivity index (χ1n) is 12.4. The smallest absolute Gasteiger partial charge is 0.256 e. The fourth-order valence-electron chi connectivity index (χ4n) is 5.65. The summed E-state index contributed by atoms with van der Waals surface area (Å²) in [5, 5.41) is 0. The van der Waals surface area contributed by atoms with E-state index in [0.29, 0.717) is 6.04 Å². The second-order valence-electron chi connectivity index (χ2n) is 9.27. The maximum absolute atomic E-state index is 13.6. The van der Waals surface area contributed by atoms with Gasteiger partial charge in [-0.1, -0.05) is 30.3 Å². The molecule has 0 aromatic heterocycles. The minimum absolute atomic E-state index is 0.181. The fourth-order valence-corrected chi connectivity index (χ4v) is 5.65. The number of carbonyl (C=O) groups is 1. The van der Waals surface area contributed by atoms with Crippen molar-refractivity contribution in [3.63, 3.8) is 0 Å². The third-order valence-electron chi connectivity index (χ3n) is 7.29. The maximum atomic E-state index is 13.6. The standard InChI is InChI=1S/C27H35N3O3/c1-32-19-6-14-28(24-12-20-33-25-11-3-2-9-22(24)25)15-17-30-18-16-29-13-5-8-21-7-4-10-23(26(21)29)27(30)31/h2-4,7,9-11,24H,5-6,8,12-20H2,1H3. The zero-order valence-corrected chi connectivity index (χ0v) is 19.7. The number of fused-ring (bicyclic) bond motifs is 1. The van der Waals surface area contributed by atoms with Gasteiger partial charge in [0.05, 0.1) is 17.9 Å². The summed E-state index contributed by atoms with van der Waals surface area (Å²) in [6.45, 7) is 6.76. The number of hydrogen-bond donors (Lipinski definition) is 0. The molecule has 3 aliphatic heterocycles. The normalized spacial score (nSPS) is 19.7. The number of rotatable bonds is 8. The van der Waals surface area contributed by atoms with Gasteiger partial charge in [-0.05, 0) is 37.0 Å². The summed E-state index contributed by atoms with van der Waals surface area (Å²) in [7, 11) is 1.76. The van der Waals surface area contributed by atoms with Gasteiger partial charge in [0.1, 0.15) is 5.75 Å². The molecular weight excluding hydrogens is 414 g/mol. The fraction of sp³-hybridized carbons (Fsp3) is 0.519. The molecule has 1 atom stereocenters. The van der Waals surface area contributed by atoms with Crippen LogP contribution in [-0.4, -0.2) is 75.3 Å². The predicted octanol–water partition coefficient (Wildman–Crippen LogP) is 3.76. The van der Waals surface area contributed by atoms with Gasteiger partial charge in [0, 0.05) is 71.0 Å². The van der Waals surface area contributed by atoms with Crippen molar-refractivity contribution in [2.75, 3.05) is 64.5 Å². The molecule has 2 aromatic carbocycles. The number of carbonyl (C=O) groups excluding carboxylic acids is 1. The molecule has 0 spiro atoms. The summed E-state index contributed by atoms with van der Waals surface area (Å²) in [6, 6.07) is 15.0. The van der Waals surface area contributed by atoms with Crippen LogP contribution >= 0.6 is 0 Å². The lowest BCUT2D eigenvalue weighted by Crippen LogP contribution is -2.43. The van der Waals surface area contributed by atoms with Crippen LogP contribution in [0.5, 0.6) is 5.75 Å². The van der Waals surface area contributed by atoms with Crippen LogP contribution in [0.4, 0.5) is 5.69 Å². The Balaban J connectivity index is 1.34. The number of ether oxygens (including phenoxy) is 2. The zero-order chi connectivity index (χ0) is 22.6. The van der Waals surface area contributed by atoms with Gasteiger partial charge in [-0.3, -0.25) is 9.69 Å². The molecule has 1 unspecified atom stereocenters. The molecule has 0 saturated heterocycles. The Morgan fingerprint density at radius 1 is 1.09 bits per heavy atom. The van der Waals surface area contributed by atoms with Gasteiger partial charge in [0.25, 0.3) is 5.91 Å². The van der Waals surface area contributed by atoms with Gasteiger partial charge in [-0.25, -0.2) is 0 Å². The van der Waals surface area contributed by atoms with E-state index in [2.05, 4.69) is 45.0 Å². The quantitative estimate of drug-likeness (QED) is 0.575. The molecule has 5 rings (SSSR count). The molecule has 0 N–H and O–H groups in total. The van der Waals surface area contributed by atoms with Gasteiger partial charge in [-0.2, -0.15) is 0 Å². The monoisotopic (exact) mass is 449 g/mol. The minimum atomic E-state index is 0.181. The number of anilines is 1. The van der Waals surface area contributed by atoms with Crippen LogP contribution in [0.1, 0.15) is 46.8 Å². The Hall–Kier alpha value is -2.57. The van der Waals surface area contributed by atoms with E-state index >= 15 is 0 Å². The van der Waals surface area contributed by atoms with E-state index in [0.717, 1.165) is 83.1 Å². The number of amides is 1. The molecule has 0 saturated carbocycles. The minimum Gasteiger partial charge on any atom is -0.493 e. The highest BCUT2D eigenvalue weighted by atomic mass is 16.5. The van der Waals surface area contributed by atoms with Crippen molar-refractivity contribution < 1.29 is 14.3 Å². The Morgan fingerprint density at radius 3 is 2.91 bits per heavy atom. The second-order valence-corrected chi connectivity index (χ2v) is 9.27. The first kappa shape index (κ1) is 22.2. The molecule has 6 nitrogen and oxygen atoms in total. The van der Waals surface area contributed by atoms with Gasteiger partial charge in [0.2, 0.25) is 0 Å². The van der Waals surface area contributed by atoms with Crippen molar-refractivity contribution in [1.29, 1.82) is 0 Å². The Labute approximate surface area is 197 Å². The molecule has 33 heavy (non-hydrogen) atoms. The highest BCUT2D eigenvalue weighted by Gasteiger charge is 2.31. The van der Waals surface area contributed by atoms with Crippen molar-refractivity contribution in [2.45, 2.75) is 31.7 Å². The molecule has 0 fully saturated rings. The van der Waals surface area contributed by atoms with Crippen LogP contribution < -0.4 is 9.64 Å². The summed E-state index contributed by atoms with van der Waals surface area (Å²) in [5.74, 6) is 1.17. The van der Waals surface area contributed by atoms with Crippen LogP contribution in [0, 0.1) is 0 Å². The highest BCUT2D eigenvalue weighted by Crippen LogP contribution is 2.36. The molecule has 2 aromatic rings. The molecule has 3 aliphatic rings. The Morgan fingerprint density at radius 2 is 2.00 bits per heavy atom. The van der Waals surface area contributed by atoms with E-state index in [1.165, 1.54) is 23.2 Å². The average Bonchev–Trinajstić information content (AvgIpc) is 2.99. The maximum Gasteiger partial charge on any atom is 0.256 e. The van der Waals surface area contributed by atoms with E-state index in [4.69, 9.17) is 9.47 Å². The second kappa shape index (κ2) is 10.1. The zero-order valence-electron chi connectivity index (χ0n) is 19.7. The SMILES string of the molecule is COCCCN(CCN1CCN2CCCc3cccc(c32)C1=O)C1CCOc2ccccc21. The van der Waals surface area contributed by atoms with Crippen molar-refractivity contribution in [3.05, 3.63) is 59.2 Å². The number of para-hydroxylation sites is 2. The van der Waals surface area contributed by atoms with Gasteiger partial charge in [0.15, 0.2) is 0 Å². The van der Waals surface area contributed by atoms with Crippen LogP contribution in [0.2, 0.25) is 0 Å². The largest absolute Gasteiger partial charge is 0.493 e. The lowest BCUT2D eigenvalue weighted by atomic mass is 9.97. The molecular formula is C27H35N3O3. The van der Waals surface area contributed by atoms with Gasteiger partial charge in [-0.15, -0.1) is 0 Å². The van der Waals surface area contributed by atoms with E-state index < -0.39 is 0 Å². The number of aryl methyl sites for hydroxylation is 1. The van der Waals surface area contributed by atoms with Crippen LogP contribution in [0.25, 0.3) is 0 Å². The van der Waals surface area contributed by atoms with Crippen molar-refractivity contribution in [1.82, 2.24) is 9.80 Å². The molecule has 176 valence electrons. The van der Waals surface area contributed by atoms with E-state index in [-0.39, 0.29) is 5.91 Å². The predicted molar refractivity (Wildman–Crippen MR) is 130 cm³/mol. The van der Waals surface area contributed by atoms with Crippen molar-refractivity contribution in [2.24, 2.45) is 0 Å². The average molecular weight is 450 g/mol. The summed E-state index contributed by atoms with van der Waals surface area (Å²) in [6.07, 6.45) is 4.19. The third-order valence-corrected chi connectivity index (χ3v) is 7.29. The topological polar surface area (TPSA) is 45.2 Å². The Kier molecular flexibility index (Phi) is 6.83. The van der Waals surface area contributed by atoms with E-state index in [1.54, 1.807) is 7.11 Å². The molecule has 0 radical (unpaired) electrons. The van der Waals surface area contributed by atoms with E-state index in [9.17, 15) is 4.79 Å². The van der Waals surface area contributed by atoms with Crippen molar-refractivity contribution in [3.8, 4) is 5.75 Å². The highest BCUT2D eigenvalue weighted by molar-refractivity contribution is 6.01. The first-order valence-corrected chi connectivity index (χ1v) is 12.4. The van der Waals surface area contributed by atoms with Gasteiger partial charge < -0.3 is 19.3 Å². The number of nitrogens with zero attached hydrogens (tertiary/aromatic N) is 3. The lowest BCUT2D eigenvalue weighted by Gasteiger charge is -2.37. The molecule has 1 amide bonds. The molecule has 0 aliphatic carbocycles. The van der Waals surface area contributed by atoms with Crippen LogP contribution in [0.3, 0.4) is 0 Å². The Bertz CT molecular complexity index is 979. The molecule has 6 heteroatoms. The van der Waals surface area contributed by atoms with Crippen LogP contribution in [0.15, 0.2) is 42.5 Å². The molecule has 0 bridgehead atoms. The summed E-state index contributed by atoms with van der Waals surface area (Å²) in [4.78, 5) is 20.6. The van der Waals surface area contributed by atoms with Gasteiger partial charge >= 0.3 is 0 Å².